The van der Waals surface area contributed by atoms with Crippen molar-refractivity contribution in [3.63, 3.8) is 0 Å². The number of amides is 1. The third kappa shape index (κ3) is 3.70. The van der Waals surface area contributed by atoms with Gasteiger partial charge in [-0.2, -0.15) is 0 Å². The Morgan fingerprint density at radius 2 is 1.95 bits per heavy atom. The van der Waals surface area contributed by atoms with Gasteiger partial charge >= 0.3 is 64.5 Å². The van der Waals surface area contributed by atoms with Crippen molar-refractivity contribution in [1.29, 1.82) is 0 Å². The molecule has 0 aromatic rings. The zero-order valence-corrected chi connectivity index (χ0v) is 15.0. The number of fused-ring (bicyclic) bond motifs is 1. The van der Waals surface area contributed by atoms with Gasteiger partial charge in [-0.3, -0.25) is 0 Å². The summed E-state index contributed by atoms with van der Waals surface area (Å²) in [6.07, 6.45) is -0.298. The summed E-state index contributed by atoms with van der Waals surface area (Å²) in [6.45, 7) is 0.762. The van der Waals surface area contributed by atoms with E-state index in [-0.39, 0.29) is 77.3 Å². The average Bonchev–Trinajstić information content (AvgIpc) is 2.87. The maximum absolute atomic E-state index is 12.9. The molecule has 19 heavy (non-hydrogen) atoms. The second-order valence-electron chi connectivity index (χ2n) is 6.39. The summed E-state index contributed by atoms with van der Waals surface area (Å²) < 4.78 is 43.9. The zero-order valence-electron chi connectivity index (χ0n) is 11.9. The van der Waals surface area contributed by atoms with E-state index in [2.05, 4.69) is 0 Å². The molecule has 0 bridgehead atoms. The first-order chi connectivity index (χ1) is 8.05. The number of carbonyl (C=O) groups excluding carboxylic acids is 1. The maximum Gasteiger partial charge on any atom is 1.00 e. The molecule has 0 unspecified atom stereocenters. The summed E-state index contributed by atoms with van der Waals surface area (Å²) in [7, 11) is 0. The van der Waals surface area contributed by atoms with Gasteiger partial charge in [0, 0.05) is 13.1 Å². The molecule has 0 N–H and O–H groups in total. The fourth-order valence-electron chi connectivity index (χ4n) is 2.71. The fourth-order valence-corrected chi connectivity index (χ4v) is 2.71. The standard InChI is InChI=1S/C11H18BF3NO2.K/c1-10(2,3)18-9(17)16-5-4-11(12(13,14)15)6-8(11)7-16;/h8H,4-7H2,1-3H3;/q-1;+1/t8-,11+;/m1./s1. The van der Waals surface area contributed by atoms with Crippen molar-refractivity contribution in [3.8, 4) is 0 Å². The number of rotatable bonds is 1. The molecule has 8 heteroatoms. The number of halogens is 3. The molecule has 0 aromatic carbocycles. The number of piperidine rings is 1. The van der Waals surface area contributed by atoms with E-state index in [9.17, 15) is 17.7 Å². The van der Waals surface area contributed by atoms with Crippen LogP contribution < -0.4 is 51.4 Å². The first-order valence-corrected chi connectivity index (χ1v) is 6.22. The summed E-state index contributed by atoms with van der Waals surface area (Å²) in [4.78, 5) is 13.2. The minimum absolute atomic E-state index is 0. The van der Waals surface area contributed by atoms with E-state index in [0.717, 1.165) is 0 Å². The number of ether oxygens (including phenoxy) is 1. The van der Waals surface area contributed by atoms with Gasteiger partial charge in [0.1, 0.15) is 5.60 Å². The van der Waals surface area contributed by atoms with Crippen LogP contribution in [0.2, 0.25) is 5.31 Å². The Balaban J connectivity index is 0.00000180. The van der Waals surface area contributed by atoms with Crippen molar-refractivity contribution in [3.05, 3.63) is 0 Å². The molecule has 1 aliphatic carbocycles. The smallest absolute Gasteiger partial charge is 0.449 e. The van der Waals surface area contributed by atoms with Crippen molar-refractivity contribution in [1.82, 2.24) is 4.90 Å². The Bertz CT molecular complexity index is 372. The van der Waals surface area contributed by atoms with Crippen molar-refractivity contribution in [2.75, 3.05) is 13.1 Å². The van der Waals surface area contributed by atoms with E-state index in [1.165, 1.54) is 4.90 Å². The van der Waals surface area contributed by atoms with Crippen LogP contribution in [0, 0.1) is 5.92 Å². The van der Waals surface area contributed by atoms with E-state index in [0.29, 0.717) is 0 Å². The summed E-state index contributed by atoms with van der Waals surface area (Å²) in [5.41, 5.74) is -0.608. The Labute approximate surface area is 154 Å². The predicted octanol–water partition coefficient (Wildman–Crippen LogP) is 0.239. The van der Waals surface area contributed by atoms with Crippen LogP contribution in [0.1, 0.15) is 33.6 Å². The molecule has 2 fully saturated rings. The molecule has 3 nitrogen and oxygen atoms in total. The van der Waals surface area contributed by atoms with Crippen LogP contribution in [-0.2, 0) is 4.74 Å². The van der Waals surface area contributed by atoms with Crippen molar-refractivity contribution < 1.29 is 73.9 Å². The molecular weight excluding hydrogens is 285 g/mol. The molecule has 2 rings (SSSR count). The molecule has 0 aromatic heterocycles. The molecule has 1 saturated heterocycles. The van der Waals surface area contributed by atoms with Crippen LogP contribution in [0.25, 0.3) is 0 Å². The minimum atomic E-state index is -4.80. The SMILES string of the molecule is CC(C)(C)OC(=O)N1CC[C@]2([B-](F)(F)F)C[C@@H]2C1.[K+]. The van der Waals surface area contributed by atoms with Gasteiger partial charge in [-0.25, -0.2) is 4.79 Å². The Morgan fingerprint density at radius 1 is 1.37 bits per heavy atom. The number of hydrogen-bond donors (Lipinski definition) is 0. The molecular formula is C11H18BF3KNO2. The number of likely N-dealkylation sites (tertiary alicyclic amines) is 1. The third-order valence-corrected chi connectivity index (χ3v) is 3.87. The maximum atomic E-state index is 12.9. The van der Waals surface area contributed by atoms with Gasteiger partial charge < -0.3 is 22.6 Å². The van der Waals surface area contributed by atoms with Gasteiger partial charge in [0.05, 0.1) is 0 Å². The van der Waals surface area contributed by atoms with E-state index < -0.39 is 29.9 Å². The molecule has 1 aliphatic heterocycles. The van der Waals surface area contributed by atoms with Crippen LogP contribution in [-0.4, -0.2) is 36.7 Å². The van der Waals surface area contributed by atoms with E-state index in [1.807, 2.05) is 0 Å². The molecule has 2 atom stereocenters. The number of hydrogen-bond acceptors (Lipinski definition) is 2. The summed E-state index contributed by atoms with van der Waals surface area (Å²) >= 11 is 0. The van der Waals surface area contributed by atoms with E-state index in [1.54, 1.807) is 20.8 Å². The molecule has 1 heterocycles. The number of carbonyl (C=O) groups is 1. The quantitative estimate of drug-likeness (QED) is 0.650. The van der Waals surface area contributed by atoms with Gasteiger partial charge in [-0.05, 0) is 26.7 Å². The van der Waals surface area contributed by atoms with E-state index in [4.69, 9.17) is 4.74 Å². The topological polar surface area (TPSA) is 29.5 Å². The van der Waals surface area contributed by atoms with Crippen LogP contribution in [0.5, 0.6) is 0 Å². The summed E-state index contributed by atoms with van der Waals surface area (Å²) in [6, 6.07) is 0. The van der Waals surface area contributed by atoms with Crippen LogP contribution in [0.15, 0.2) is 0 Å². The Hall–Kier alpha value is 0.761. The molecule has 1 amide bonds. The molecule has 1 saturated carbocycles. The van der Waals surface area contributed by atoms with Gasteiger partial charge in [0.2, 0.25) is 0 Å². The first-order valence-electron chi connectivity index (χ1n) is 6.22. The van der Waals surface area contributed by atoms with Gasteiger partial charge in [0.25, 0.3) is 0 Å². The fraction of sp³-hybridized carbons (Fsp3) is 0.909. The van der Waals surface area contributed by atoms with Crippen LogP contribution in [0.4, 0.5) is 17.7 Å². The monoisotopic (exact) mass is 303 g/mol. The van der Waals surface area contributed by atoms with Gasteiger partial charge in [-0.1, -0.05) is 18.2 Å². The average molecular weight is 303 g/mol. The zero-order chi connectivity index (χ0) is 13.8. The molecule has 2 aliphatic rings. The Morgan fingerprint density at radius 3 is 2.37 bits per heavy atom. The third-order valence-electron chi connectivity index (χ3n) is 3.87. The Kier molecular flexibility index (Phi) is 5.17. The summed E-state index contributed by atoms with van der Waals surface area (Å²) in [5.74, 6) is -0.418. The first kappa shape index (κ1) is 17.8. The minimum Gasteiger partial charge on any atom is -0.449 e. The predicted molar refractivity (Wildman–Crippen MR) is 62.3 cm³/mol. The van der Waals surface area contributed by atoms with Crippen molar-refractivity contribution >= 4 is 13.1 Å². The van der Waals surface area contributed by atoms with Crippen molar-refractivity contribution in [2.45, 2.75) is 44.5 Å². The molecule has 0 radical (unpaired) electrons. The molecule has 104 valence electrons. The summed E-state index contributed by atoms with van der Waals surface area (Å²) in [5, 5.41) is -1.46. The van der Waals surface area contributed by atoms with Gasteiger partial charge in [0.15, 0.2) is 0 Å². The largest absolute Gasteiger partial charge is 1.00 e. The number of nitrogens with zero attached hydrogens (tertiary/aromatic N) is 1. The van der Waals surface area contributed by atoms with E-state index >= 15 is 0 Å². The normalized spacial score (nSPS) is 30.2. The van der Waals surface area contributed by atoms with Crippen LogP contribution >= 0.6 is 0 Å². The second-order valence-corrected chi connectivity index (χ2v) is 6.39. The van der Waals surface area contributed by atoms with Crippen molar-refractivity contribution in [2.24, 2.45) is 5.92 Å². The molecule has 0 spiro atoms. The van der Waals surface area contributed by atoms with Gasteiger partial charge in [-0.15, -0.1) is 0 Å². The second kappa shape index (κ2) is 5.51. The van der Waals surface area contributed by atoms with Crippen LogP contribution in [0.3, 0.4) is 0 Å².